The van der Waals surface area contributed by atoms with Crippen LogP contribution in [0, 0.1) is 28.8 Å². The minimum Gasteiger partial charge on any atom is -0.392 e. The highest BCUT2D eigenvalue weighted by atomic mass is 35.5. The quantitative estimate of drug-likeness (QED) is 0.125. The molecule has 13 nitrogen and oxygen atoms in total. The second-order valence-corrected chi connectivity index (χ2v) is 18.8. The third kappa shape index (κ3) is 7.46. The minimum atomic E-state index is -3.95. The van der Waals surface area contributed by atoms with Gasteiger partial charge in [-0.1, -0.05) is 23.7 Å². The molecule has 22 heteroatoms. The van der Waals surface area contributed by atoms with Crippen LogP contribution < -0.4 is 15.6 Å². The summed E-state index contributed by atoms with van der Waals surface area (Å²) in [6.07, 6.45) is -0.00581. The largest absolute Gasteiger partial charge is 0.392 e. The molecule has 0 bridgehead atoms. The highest BCUT2D eigenvalue weighted by molar-refractivity contribution is 7.89. The van der Waals surface area contributed by atoms with Gasteiger partial charge in [0.05, 0.1) is 40.9 Å². The van der Waals surface area contributed by atoms with Crippen molar-refractivity contribution in [1.82, 2.24) is 34.4 Å². The number of hydrogen-bond donors (Lipinski definition) is 3. The van der Waals surface area contributed by atoms with Crippen LogP contribution in [0.4, 0.5) is 30.7 Å². The highest BCUT2D eigenvalue weighted by Crippen LogP contribution is 2.68. The molecule has 1 saturated carbocycles. The summed E-state index contributed by atoms with van der Waals surface area (Å²) in [5.74, 6) is -9.83. The van der Waals surface area contributed by atoms with E-state index in [0.29, 0.717) is 21.9 Å². The lowest BCUT2D eigenvalue weighted by Crippen LogP contribution is -2.50. The van der Waals surface area contributed by atoms with Crippen molar-refractivity contribution in [2.24, 2.45) is 16.4 Å². The van der Waals surface area contributed by atoms with Gasteiger partial charge in [-0.15, -0.1) is 0 Å². The van der Waals surface area contributed by atoms with E-state index in [1.807, 2.05) is 0 Å². The van der Waals surface area contributed by atoms with E-state index in [9.17, 15) is 40.3 Å². The number of allylic oxidation sites excluding steroid dienone is 2. The summed E-state index contributed by atoms with van der Waals surface area (Å²) in [5, 5.41) is 22.0. The number of alkyl halides is 4. The number of nitrogens with zero attached hydrogens (tertiary/aromatic N) is 6. The maximum Gasteiger partial charge on any atom is 0.293 e. The summed E-state index contributed by atoms with van der Waals surface area (Å²) in [5.41, 5.74) is -3.47. The van der Waals surface area contributed by atoms with Gasteiger partial charge in [0.15, 0.2) is 0 Å². The van der Waals surface area contributed by atoms with E-state index in [1.165, 1.54) is 48.5 Å². The Hall–Kier alpha value is -6.06. The third-order valence-electron chi connectivity index (χ3n) is 12.3. The smallest absolute Gasteiger partial charge is 0.293 e. The summed E-state index contributed by atoms with van der Waals surface area (Å²) in [6, 6.07) is 8.28. The second kappa shape index (κ2) is 15.5. The molecule has 5 atom stereocenters. The molecule has 2 unspecified atom stereocenters. The lowest BCUT2D eigenvalue weighted by atomic mass is 9.76. The molecule has 4 aliphatic rings. The van der Waals surface area contributed by atoms with Gasteiger partial charge in [0, 0.05) is 41.6 Å². The molecule has 3 aromatic carbocycles. The number of hydrogen-bond acceptors (Lipinski definition) is 9. The zero-order chi connectivity index (χ0) is 46.7. The first kappa shape index (κ1) is 44.2. The number of nitrogens with one attached hydrogen (secondary N) is 2. The number of fused-ring (bicyclic) bond motifs is 5. The Labute approximate surface area is 370 Å². The summed E-state index contributed by atoms with van der Waals surface area (Å²) >= 11 is 6.82. The normalized spacial score (nSPS) is 22.3. The molecule has 3 N–H and O–H groups in total. The maximum absolute atomic E-state index is 15.6. The van der Waals surface area contributed by atoms with E-state index in [-0.39, 0.29) is 56.4 Å². The molecule has 65 heavy (non-hydrogen) atoms. The van der Waals surface area contributed by atoms with Crippen LogP contribution in [-0.4, -0.2) is 69.0 Å². The number of carbonyl (C=O) groups is 1. The molecule has 0 spiro atoms. The molecule has 1 fully saturated rings. The fraction of sp³-hybridized carbons (Fsp3) is 0.326. The Morgan fingerprint density at radius 1 is 1.03 bits per heavy atom. The van der Waals surface area contributed by atoms with Gasteiger partial charge in [-0.25, -0.2) is 35.4 Å². The number of carbonyl (C=O) groups excluding carboxylic acids is 1. The van der Waals surface area contributed by atoms with Gasteiger partial charge in [-0.05, 0) is 84.5 Å². The second-order valence-electron chi connectivity index (χ2n) is 16.7. The van der Waals surface area contributed by atoms with E-state index in [2.05, 4.69) is 20.2 Å². The van der Waals surface area contributed by atoms with Crippen molar-refractivity contribution in [3.05, 3.63) is 133 Å². The summed E-state index contributed by atoms with van der Waals surface area (Å²) < 4.78 is 133. The molecular formula is C43H36ClF7N8O5S. The number of benzene rings is 3. The molecule has 0 radical (unpaired) electrons. The number of likely N-dealkylation sites (N-methyl/N-ethyl adjacent to an activating group) is 1. The van der Waals surface area contributed by atoms with Crippen LogP contribution in [0.1, 0.15) is 65.6 Å². The molecule has 1 amide bonds. The van der Waals surface area contributed by atoms with Crippen LogP contribution in [-0.2, 0) is 40.3 Å². The number of aliphatic hydroxyl groups excluding tert-OH is 1. The highest BCUT2D eigenvalue weighted by Gasteiger charge is 2.67. The van der Waals surface area contributed by atoms with Crippen LogP contribution in [0.5, 0.6) is 0 Å². The van der Waals surface area contributed by atoms with E-state index in [0.717, 1.165) is 29.0 Å². The average molecular weight is 945 g/mol. The van der Waals surface area contributed by atoms with Crippen molar-refractivity contribution >= 4 is 50.0 Å². The molecular weight excluding hydrogens is 909 g/mol. The van der Waals surface area contributed by atoms with Crippen molar-refractivity contribution in [1.29, 1.82) is 0 Å². The molecule has 1 aliphatic heterocycles. The summed E-state index contributed by atoms with van der Waals surface area (Å²) in [7, 11) is -2.46. The molecule has 3 aliphatic carbocycles. The number of aliphatic hydroxyl groups is 1. The number of hydrazone groups is 1. The van der Waals surface area contributed by atoms with Crippen LogP contribution in [0.25, 0.3) is 27.7 Å². The third-order valence-corrected chi connectivity index (χ3v) is 13.4. The van der Waals surface area contributed by atoms with Crippen molar-refractivity contribution in [2.45, 2.75) is 63.3 Å². The Morgan fingerprint density at radius 3 is 2.40 bits per heavy atom. The van der Waals surface area contributed by atoms with Crippen molar-refractivity contribution in [3.8, 4) is 11.1 Å². The topological polar surface area (TPSA) is 164 Å². The van der Waals surface area contributed by atoms with Crippen LogP contribution >= 0.6 is 11.6 Å². The maximum atomic E-state index is 15.6. The molecule has 2 aromatic heterocycles. The van der Waals surface area contributed by atoms with Gasteiger partial charge in [-0.3, -0.25) is 28.6 Å². The van der Waals surface area contributed by atoms with Crippen molar-refractivity contribution in [3.63, 3.8) is 0 Å². The molecule has 3 heterocycles. The first-order valence-corrected chi connectivity index (χ1v) is 22.2. The van der Waals surface area contributed by atoms with Crippen molar-refractivity contribution in [2.75, 3.05) is 13.3 Å². The molecule has 5 aromatic rings. The van der Waals surface area contributed by atoms with Gasteiger partial charge in [0.1, 0.15) is 53.1 Å². The Kier molecular flexibility index (Phi) is 10.6. The predicted octanol–water partition coefficient (Wildman–Crippen LogP) is 6.58. The van der Waals surface area contributed by atoms with Crippen LogP contribution in [0.15, 0.2) is 81.7 Å². The zero-order valence-corrected chi connectivity index (χ0v) is 35.8. The number of amides is 1. The molecule has 0 saturated heterocycles. The predicted molar refractivity (Wildman–Crippen MR) is 223 cm³/mol. The van der Waals surface area contributed by atoms with Gasteiger partial charge >= 0.3 is 0 Å². The van der Waals surface area contributed by atoms with Gasteiger partial charge in [-0.2, -0.15) is 19.0 Å². The van der Waals surface area contributed by atoms with E-state index < -0.39 is 112 Å². The summed E-state index contributed by atoms with van der Waals surface area (Å²) in [6.45, 7) is -0.0700. The fourth-order valence-corrected chi connectivity index (χ4v) is 10.2. The lowest BCUT2D eigenvalue weighted by Gasteiger charge is -2.39. The number of aromatic nitrogens is 4. The Morgan fingerprint density at radius 2 is 1.72 bits per heavy atom. The van der Waals surface area contributed by atoms with Gasteiger partial charge in [0.25, 0.3) is 17.9 Å². The number of halogens is 8. The van der Waals surface area contributed by atoms with Crippen molar-refractivity contribution < 1.29 is 49.1 Å². The first-order valence-electron chi connectivity index (χ1n) is 20.0. The van der Waals surface area contributed by atoms with E-state index >= 15 is 13.6 Å². The standard InChI is InChI=1S/C43H36ClF7N8O5S/c1-42-32(44)9-8-31(36(42)57(2)55-41(42)56-65(3,63)64)59-39(53-29-14-21(4-6-25(29)40(59)62)20-5-7-28(47)22(13-20)18-60)30(12-19-10-23(45)15-24(46)11-19)52-33(61)17-58-37-34(35(54-58)38(48)49)26-16-27(26)43(37,50)51/h4-11,13-15,26-27,30,36,38,60H,12,16-18H2,1-3H3,(H,52,61)(H,55,56)/t26-,27+,30-,36?,42?/m0/s1. The van der Waals surface area contributed by atoms with Crippen LogP contribution in [0.3, 0.4) is 0 Å². The monoisotopic (exact) mass is 944 g/mol. The molecule has 9 rings (SSSR count). The molecule has 340 valence electrons. The number of sulfonamides is 1. The van der Waals surface area contributed by atoms with E-state index in [4.69, 9.17) is 16.6 Å². The average Bonchev–Trinajstić information content (AvgIpc) is 3.80. The lowest BCUT2D eigenvalue weighted by molar-refractivity contribution is -0.123. The van der Waals surface area contributed by atoms with E-state index in [1.54, 1.807) is 13.0 Å². The first-order chi connectivity index (χ1) is 30.6. The minimum absolute atomic E-state index is 0.00756. The Balaban J connectivity index is 1.23. The van der Waals surface area contributed by atoms with Crippen LogP contribution in [0.2, 0.25) is 0 Å². The fourth-order valence-electron chi connectivity index (χ4n) is 9.34. The Bertz CT molecular complexity index is 3120. The zero-order valence-electron chi connectivity index (χ0n) is 34.3. The number of rotatable bonds is 11. The number of amidine groups is 1. The summed E-state index contributed by atoms with van der Waals surface area (Å²) in [4.78, 5) is 34.2. The van der Waals surface area contributed by atoms with Gasteiger partial charge < -0.3 is 10.4 Å². The SMILES string of the molecule is CN1N=C(NS(C)(=O)=O)C2(C)C(Cl)=CC=C(n3c([C@H](Cc4cc(F)cc(F)c4)NC(=O)Cn4nc(C(F)F)c5c4C(F)(F)[C@@H]4C[C@H]54)nc4cc(-c5ccc(F)c(CO)c5)ccc4c3=O)C12. The van der Waals surface area contributed by atoms with Gasteiger partial charge in [0.2, 0.25) is 15.9 Å².